The number of alkyl halides is 1. The number of aliphatic hydroxyl groups is 1. The number of Topliss-reactive ketones (excluding diaryl/α,β-unsaturated/α-hetero) is 2. The van der Waals surface area contributed by atoms with E-state index in [0.29, 0.717) is 25.9 Å². The first-order chi connectivity index (χ1) is 26.8. The number of aliphatic hydroxyl groups excluding tert-OH is 1. The number of hydrogen-bond acceptors (Lipinski definition) is 11. The van der Waals surface area contributed by atoms with E-state index in [2.05, 4.69) is 28.1 Å². The van der Waals surface area contributed by atoms with E-state index in [9.17, 15) is 24.3 Å². The molecule has 3 aliphatic rings. The molecule has 3 fully saturated rings. The standard InChI is InChI=1S/C43H64FN3O10/c1-11-32-43(9)35(47(40(52)57-43)21-16-15-20-46-22-19-29-17-13-14-18-31(29)46)27(5)33(48)25(3)24-41(7,53-10)37(28(6)36(50)42(8,44)39(51)55-32)56-38-34(49)30(45-12-2)23-26(4)54-38/h13-14,17-19,22,25-28,30,32,34-35,37-38,45,49H,11-12,15-16,20-21,23-24H2,1-10H3/t25-,26-,27+,28+,30+,32-,34+,35?,37-,38+,41-,42+,43-/m1/s1. The van der Waals surface area contributed by atoms with Gasteiger partial charge in [-0.05, 0) is 83.9 Å². The van der Waals surface area contributed by atoms with Crippen LogP contribution in [-0.2, 0) is 44.6 Å². The maximum absolute atomic E-state index is 16.9. The van der Waals surface area contributed by atoms with Gasteiger partial charge in [-0.15, -0.1) is 0 Å². The highest BCUT2D eigenvalue weighted by Gasteiger charge is 2.61. The summed E-state index contributed by atoms with van der Waals surface area (Å²) in [6.45, 7) is 16.1. The number of halogens is 1. The van der Waals surface area contributed by atoms with Crippen molar-refractivity contribution in [3.05, 3.63) is 36.5 Å². The molecular weight excluding hydrogens is 737 g/mol. The molecule has 2 aromatic rings. The van der Waals surface area contributed by atoms with Crippen molar-refractivity contribution in [1.82, 2.24) is 14.8 Å². The number of aromatic nitrogens is 1. The van der Waals surface area contributed by atoms with E-state index in [4.69, 9.17) is 23.7 Å². The monoisotopic (exact) mass is 801 g/mol. The predicted molar refractivity (Wildman–Crippen MR) is 211 cm³/mol. The number of cyclic esters (lactones) is 1. The van der Waals surface area contributed by atoms with E-state index in [1.807, 2.05) is 32.2 Å². The number of methoxy groups -OCH3 is 1. The molecule has 4 heterocycles. The van der Waals surface area contributed by atoms with Crippen LogP contribution in [0.1, 0.15) is 94.4 Å². The van der Waals surface area contributed by atoms with Crippen molar-refractivity contribution >= 4 is 34.5 Å². The average molecular weight is 802 g/mol. The van der Waals surface area contributed by atoms with Gasteiger partial charge in [0.05, 0.1) is 23.9 Å². The quantitative estimate of drug-likeness (QED) is 0.162. The number of amides is 1. The SMILES string of the molecule is CCN[C@H]1C[C@@H](C)O[C@@H](O[C@@H]2[C@@H](C)C(=O)[C@](C)(F)C(=O)O[C@H](CC)[C@@]3(C)OC(=O)N(CCCCn4ccc5ccccc54)C3[C@@H](C)C(=O)[C@H](C)C[C@@]2(C)OC)[C@H]1O. The summed E-state index contributed by atoms with van der Waals surface area (Å²) in [5.41, 5.74) is -5.06. The summed E-state index contributed by atoms with van der Waals surface area (Å²) in [5.74, 6) is -5.70. The van der Waals surface area contributed by atoms with Gasteiger partial charge in [0.25, 0.3) is 5.67 Å². The molecule has 1 unspecified atom stereocenters. The Kier molecular flexibility index (Phi) is 14.0. The molecule has 57 heavy (non-hydrogen) atoms. The Morgan fingerprint density at radius 3 is 2.33 bits per heavy atom. The smallest absolute Gasteiger partial charge is 0.410 e. The summed E-state index contributed by atoms with van der Waals surface area (Å²) >= 11 is 0. The largest absolute Gasteiger partial charge is 0.455 e. The molecule has 5 rings (SSSR count). The van der Waals surface area contributed by atoms with Gasteiger partial charge in [0.15, 0.2) is 17.7 Å². The third kappa shape index (κ3) is 8.80. The Morgan fingerprint density at radius 2 is 1.67 bits per heavy atom. The van der Waals surface area contributed by atoms with E-state index < -0.39 is 89.2 Å². The summed E-state index contributed by atoms with van der Waals surface area (Å²) in [6, 6.07) is 8.86. The van der Waals surface area contributed by atoms with E-state index in [1.54, 1.807) is 39.5 Å². The summed E-state index contributed by atoms with van der Waals surface area (Å²) in [7, 11) is 1.41. The van der Waals surface area contributed by atoms with Crippen LogP contribution >= 0.6 is 0 Å². The van der Waals surface area contributed by atoms with Crippen LogP contribution in [0.3, 0.4) is 0 Å². The number of aryl methyl sites for hydroxylation is 1. The van der Waals surface area contributed by atoms with Crippen LogP contribution in [0.25, 0.3) is 10.9 Å². The van der Waals surface area contributed by atoms with Gasteiger partial charge in [-0.2, -0.15) is 0 Å². The van der Waals surface area contributed by atoms with Gasteiger partial charge in [0.2, 0.25) is 0 Å². The summed E-state index contributed by atoms with van der Waals surface area (Å²) in [5, 5.41) is 15.7. The van der Waals surface area contributed by atoms with Gasteiger partial charge >= 0.3 is 12.1 Å². The first-order valence-corrected chi connectivity index (χ1v) is 20.6. The zero-order valence-electron chi connectivity index (χ0n) is 35.3. The van der Waals surface area contributed by atoms with Crippen LogP contribution in [0.4, 0.5) is 9.18 Å². The fraction of sp³-hybridized carbons (Fsp3) is 0.721. The first kappa shape index (κ1) is 44.7. The maximum Gasteiger partial charge on any atom is 0.410 e. The molecule has 318 valence electrons. The highest BCUT2D eigenvalue weighted by Crippen LogP contribution is 2.43. The number of ether oxygens (including phenoxy) is 5. The number of carbonyl (C=O) groups excluding carboxylic acids is 4. The molecule has 0 spiro atoms. The van der Waals surface area contributed by atoms with Gasteiger partial charge in [-0.1, -0.05) is 52.8 Å². The highest BCUT2D eigenvalue weighted by molar-refractivity contribution is 6.08. The molecule has 1 amide bonds. The fourth-order valence-corrected chi connectivity index (χ4v) is 9.59. The topological polar surface area (TPSA) is 155 Å². The Labute approximate surface area is 336 Å². The lowest BCUT2D eigenvalue weighted by Crippen LogP contribution is -2.62. The molecule has 3 aliphatic heterocycles. The molecule has 2 N–H and O–H groups in total. The van der Waals surface area contributed by atoms with Crippen molar-refractivity contribution in [2.24, 2.45) is 17.8 Å². The fourth-order valence-electron chi connectivity index (χ4n) is 9.59. The number of hydrogen-bond donors (Lipinski definition) is 2. The van der Waals surface area contributed by atoms with Crippen molar-refractivity contribution in [2.45, 2.75) is 161 Å². The zero-order chi connectivity index (χ0) is 42.0. The maximum atomic E-state index is 16.9. The Hall–Kier alpha value is -3.43. The summed E-state index contributed by atoms with van der Waals surface area (Å²) in [4.78, 5) is 58.2. The van der Waals surface area contributed by atoms with Crippen molar-refractivity contribution < 1.29 is 52.4 Å². The number of nitrogens with zero attached hydrogens (tertiary/aromatic N) is 2. The molecule has 0 radical (unpaired) electrons. The zero-order valence-corrected chi connectivity index (χ0v) is 35.3. The lowest BCUT2D eigenvalue weighted by atomic mass is 9.73. The number of ketones is 2. The minimum absolute atomic E-state index is 0.0116. The molecule has 1 aromatic carbocycles. The number of benzene rings is 1. The van der Waals surface area contributed by atoms with Crippen molar-refractivity contribution in [1.29, 1.82) is 0 Å². The number of unbranched alkanes of at least 4 members (excludes halogenated alkanes) is 1. The molecular formula is C43H64FN3O10. The molecule has 0 saturated carbocycles. The Bertz CT molecular complexity index is 1750. The minimum Gasteiger partial charge on any atom is -0.455 e. The van der Waals surface area contributed by atoms with Gasteiger partial charge < -0.3 is 43.6 Å². The van der Waals surface area contributed by atoms with Gasteiger partial charge in [0, 0.05) is 55.7 Å². The van der Waals surface area contributed by atoms with Crippen molar-refractivity contribution in [2.75, 3.05) is 20.2 Å². The van der Waals surface area contributed by atoms with E-state index in [1.165, 1.54) is 14.0 Å². The number of fused-ring (bicyclic) bond motifs is 2. The number of esters is 1. The second-order valence-electron chi connectivity index (χ2n) is 17.0. The number of likely N-dealkylation sites (N-methyl/N-ethyl adjacent to an activating group) is 1. The van der Waals surface area contributed by atoms with Crippen LogP contribution < -0.4 is 5.32 Å². The van der Waals surface area contributed by atoms with E-state index >= 15 is 4.39 Å². The van der Waals surface area contributed by atoms with Crippen molar-refractivity contribution in [3.8, 4) is 0 Å². The van der Waals surface area contributed by atoms with Crippen LogP contribution in [0.2, 0.25) is 0 Å². The summed E-state index contributed by atoms with van der Waals surface area (Å²) < 4.78 is 49.6. The third-order valence-electron chi connectivity index (χ3n) is 12.7. The predicted octanol–water partition coefficient (Wildman–Crippen LogP) is 5.77. The van der Waals surface area contributed by atoms with Crippen LogP contribution in [0.15, 0.2) is 36.5 Å². The molecule has 13 nitrogen and oxygen atoms in total. The van der Waals surface area contributed by atoms with E-state index in [0.717, 1.165) is 24.2 Å². The normalized spacial score (nSPS) is 38.5. The molecule has 13 atom stereocenters. The number of rotatable bonds is 11. The van der Waals surface area contributed by atoms with Crippen LogP contribution in [0.5, 0.6) is 0 Å². The van der Waals surface area contributed by atoms with Crippen LogP contribution in [0, 0.1) is 17.8 Å². The molecule has 14 heteroatoms. The summed E-state index contributed by atoms with van der Waals surface area (Å²) in [6.07, 6.45) is -1.95. The molecule has 3 saturated heterocycles. The molecule has 1 aromatic heterocycles. The van der Waals surface area contributed by atoms with Gasteiger partial charge in [0.1, 0.15) is 18.0 Å². The van der Waals surface area contributed by atoms with E-state index in [-0.39, 0.29) is 31.3 Å². The van der Waals surface area contributed by atoms with Gasteiger partial charge in [-0.25, -0.2) is 14.0 Å². The number of para-hydroxylation sites is 1. The highest BCUT2D eigenvalue weighted by atomic mass is 19.1. The Balaban J connectivity index is 1.49. The number of carbonyl (C=O) groups is 4. The minimum atomic E-state index is -3.16. The van der Waals surface area contributed by atoms with Crippen LogP contribution in [-0.4, -0.2) is 118 Å². The lowest BCUT2D eigenvalue weighted by Gasteiger charge is -2.46. The Morgan fingerprint density at radius 1 is 0.982 bits per heavy atom. The average Bonchev–Trinajstić information content (AvgIpc) is 3.71. The van der Waals surface area contributed by atoms with Crippen molar-refractivity contribution in [3.63, 3.8) is 0 Å². The molecule has 0 aliphatic carbocycles. The molecule has 0 bridgehead atoms. The number of nitrogens with one attached hydrogen (secondary N) is 1. The third-order valence-corrected chi connectivity index (χ3v) is 12.7. The second kappa shape index (κ2) is 17.8. The lowest BCUT2D eigenvalue weighted by molar-refractivity contribution is -0.290. The first-order valence-electron chi connectivity index (χ1n) is 20.6. The van der Waals surface area contributed by atoms with Gasteiger partial charge in [-0.3, -0.25) is 9.59 Å². The second-order valence-corrected chi connectivity index (χ2v) is 17.0.